The molecular formula is C8H3Br5ClNO. The number of halogens is 6. The molecule has 0 fully saturated rings. The third-order valence-electron chi connectivity index (χ3n) is 1.60. The first-order valence-corrected chi connectivity index (χ1v) is 8.27. The van der Waals surface area contributed by atoms with Crippen LogP contribution in [0, 0.1) is 0 Å². The van der Waals surface area contributed by atoms with Crippen LogP contribution in [0.3, 0.4) is 0 Å². The van der Waals surface area contributed by atoms with Crippen LogP contribution in [-0.2, 0) is 4.79 Å². The summed E-state index contributed by atoms with van der Waals surface area (Å²) in [4.78, 5) is 11.3. The highest BCUT2D eigenvalue weighted by Crippen LogP contribution is 2.47. The van der Waals surface area contributed by atoms with Crippen molar-refractivity contribution >= 4 is 103 Å². The van der Waals surface area contributed by atoms with E-state index in [1.807, 2.05) is 0 Å². The summed E-state index contributed by atoms with van der Waals surface area (Å²) in [5.74, 6) is -0.367. The van der Waals surface area contributed by atoms with Crippen LogP contribution >= 0.6 is 91.3 Å². The summed E-state index contributed by atoms with van der Waals surface area (Å²) in [6, 6.07) is 0. The van der Waals surface area contributed by atoms with E-state index in [1.54, 1.807) is 0 Å². The number of rotatable bonds is 2. The molecule has 0 saturated carbocycles. The number of amides is 1. The van der Waals surface area contributed by atoms with Crippen molar-refractivity contribution in [1.82, 2.24) is 0 Å². The smallest absolute Gasteiger partial charge is 0.239 e. The van der Waals surface area contributed by atoms with Gasteiger partial charge in [-0.3, -0.25) is 4.79 Å². The summed E-state index contributed by atoms with van der Waals surface area (Å²) < 4.78 is 3.90. The lowest BCUT2D eigenvalue weighted by Gasteiger charge is -2.13. The third kappa shape index (κ3) is 3.23. The van der Waals surface area contributed by atoms with Crippen molar-refractivity contribution in [2.24, 2.45) is 0 Å². The Labute approximate surface area is 140 Å². The monoisotopic (exact) mass is 559 g/mol. The minimum Gasteiger partial charge on any atom is -0.323 e. The second kappa shape index (κ2) is 6.52. The average molecular weight is 564 g/mol. The van der Waals surface area contributed by atoms with Gasteiger partial charge in [0.05, 0.1) is 14.6 Å². The highest BCUT2D eigenvalue weighted by molar-refractivity contribution is 9.15. The fourth-order valence-electron chi connectivity index (χ4n) is 0.887. The number of nitrogens with one attached hydrogen (secondary N) is 1. The summed E-state index contributed by atoms with van der Waals surface area (Å²) in [6.07, 6.45) is 0. The molecule has 1 N–H and O–H groups in total. The molecule has 0 atom stereocenters. The summed E-state index contributed by atoms with van der Waals surface area (Å²) in [5.41, 5.74) is 0.618. The molecule has 0 aliphatic heterocycles. The van der Waals surface area contributed by atoms with Gasteiger partial charge in [-0.15, -0.1) is 11.6 Å². The van der Waals surface area contributed by atoms with Crippen molar-refractivity contribution in [2.45, 2.75) is 0 Å². The second-order valence-electron chi connectivity index (χ2n) is 2.63. The Kier molecular flexibility index (Phi) is 6.29. The zero-order chi connectivity index (χ0) is 12.5. The first kappa shape index (κ1) is 15.4. The fourth-order valence-corrected chi connectivity index (χ4v) is 4.20. The molecule has 2 nitrogen and oxygen atoms in total. The van der Waals surface area contributed by atoms with Crippen molar-refractivity contribution in [3.8, 4) is 0 Å². The molecule has 0 saturated heterocycles. The molecule has 1 rings (SSSR count). The normalized spacial score (nSPS) is 10.4. The molecule has 16 heavy (non-hydrogen) atoms. The van der Waals surface area contributed by atoms with Crippen LogP contribution in [-0.4, -0.2) is 11.8 Å². The Morgan fingerprint density at radius 2 is 1.31 bits per heavy atom. The molecule has 0 unspecified atom stereocenters. The summed E-state index contributed by atoms with van der Waals surface area (Å²) in [7, 11) is 0. The first-order chi connectivity index (χ1) is 7.40. The second-order valence-corrected chi connectivity index (χ2v) is 6.86. The van der Waals surface area contributed by atoms with Gasteiger partial charge >= 0.3 is 0 Å². The van der Waals surface area contributed by atoms with E-state index >= 15 is 0 Å². The molecule has 0 radical (unpaired) electrons. The maximum Gasteiger partial charge on any atom is 0.239 e. The van der Waals surface area contributed by atoms with Gasteiger partial charge in [-0.2, -0.15) is 0 Å². The highest BCUT2D eigenvalue weighted by Gasteiger charge is 2.18. The van der Waals surface area contributed by atoms with Crippen LogP contribution in [0.1, 0.15) is 0 Å². The molecular weight excluding hydrogens is 561 g/mol. The Hall–Kier alpha value is 1.38. The van der Waals surface area contributed by atoms with Gasteiger partial charge < -0.3 is 5.32 Å². The topological polar surface area (TPSA) is 29.1 Å². The van der Waals surface area contributed by atoms with E-state index in [1.165, 1.54) is 0 Å². The Bertz CT molecular complexity index is 422. The van der Waals surface area contributed by atoms with E-state index in [0.29, 0.717) is 5.69 Å². The molecule has 8 heteroatoms. The molecule has 1 aromatic rings. The third-order valence-corrected chi connectivity index (χ3v) is 7.93. The number of carbonyl (C=O) groups is 1. The summed E-state index contributed by atoms with van der Waals surface area (Å²) >= 11 is 22.4. The van der Waals surface area contributed by atoms with Crippen molar-refractivity contribution in [3.05, 3.63) is 22.4 Å². The van der Waals surface area contributed by atoms with Crippen molar-refractivity contribution in [3.63, 3.8) is 0 Å². The van der Waals surface area contributed by atoms with Crippen molar-refractivity contribution in [2.75, 3.05) is 11.2 Å². The molecule has 88 valence electrons. The van der Waals surface area contributed by atoms with E-state index in [0.717, 1.165) is 22.4 Å². The number of benzene rings is 1. The van der Waals surface area contributed by atoms with Crippen LogP contribution in [0.5, 0.6) is 0 Å². The minimum absolute atomic E-state index is 0.0931. The van der Waals surface area contributed by atoms with Crippen LogP contribution in [0.4, 0.5) is 5.69 Å². The number of carbonyl (C=O) groups excluding carboxylic acids is 1. The molecule has 1 aromatic carbocycles. The summed E-state index contributed by atoms with van der Waals surface area (Å²) in [6.45, 7) is 0. The standard InChI is InChI=1S/C8H3Br5ClNO/c9-3-4(10)6(12)8(7(13)5(3)11)15-2(16)1-14/h1H2,(H,15,16). The average Bonchev–Trinajstić information content (AvgIpc) is 2.29. The maximum atomic E-state index is 11.3. The van der Waals surface area contributed by atoms with E-state index in [4.69, 9.17) is 11.6 Å². The lowest BCUT2D eigenvalue weighted by atomic mass is 10.3. The molecule has 0 spiro atoms. The summed E-state index contributed by atoms with van der Waals surface area (Å²) in [5, 5.41) is 2.69. The molecule has 0 heterocycles. The highest BCUT2D eigenvalue weighted by atomic mass is 79.9. The quantitative estimate of drug-likeness (QED) is 0.280. The predicted octanol–water partition coefficient (Wildman–Crippen LogP) is 5.68. The maximum absolute atomic E-state index is 11.3. The Balaban J connectivity index is 3.34. The van der Waals surface area contributed by atoms with Crippen LogP contribution < -0.4 is 5.32 Å². The van der Waals surface area contributed by atoms with Crippen molar-refractivity contribution < 1.29 is 4.79 Å². The molecule has 1 amide bonds. The lowest BCUT2D eigenvalue weighted by Crippen LogP contribution is -2.13. The van der Waals surface area contributed by atoms with Crippen LogP contribution in [0.25, 0.3) is 0 Å². The van der Waals surface area contributed by atoms with Gasteiger partial charge in [0.25, 0.3) is 0 Å². The van der Waals surface area contributed by atoms with E-state index < -0.39 is 0 Å². The van der Waals surface area contributed by atoms with Gasteiger partial charge in [0, 0.05) is 13.4 Å². The van der Waals surface area contributed by atoms with Gasteiger partial charge in [0.1, 0.15) is 5.88 Å². The van der Waals surface area contributed by atoms with Gasteiger partial charge in [-0.05, 0) is 79.6 Å². The van der Waals surface area contributed by atoms with E-state index in [9.17, 15) is 4.79 Å². The largest absolute Gasteiger partial charge is 0.323 e. The van der Waals surface area contributed by atoms with Gasteiger partial charge in [-0.1, -0.05) is 0 Å². The number of hydrogen-bond donors (Lipinski definition) is 1. The first-order valence-electron chi connectivity index (χ1n) is 3.77. The van der Waals surface area contributed by atoms with Gasteiger partial charge in [-0.25, -0.2) is 0 Å². The van der Waals surface area contributed by atoms with E-state index in [2.05, 4.69) is 85.0 Å². The molecule has 0 aliphatic carbocycles. The van der Waals surface area contributed by atoms with Gasteiger partial charge in [0.15, 0.2) is 0 Å². The zero-order valence-electron chi connectivity index (χ0n) is 7.38. The number of anilines is 1. The zero-order valence-corrected chi connectivity index (χ0v) is 16.1. The molecule has 0 aliphatic rings. The van der Waals surface area contributed by atoms with Crippen molar-refractivity contribution in [1.29, 1.82) is 0 Å². The molecule has 0 bridgehead atoms. The van der Waals surface area contributed by atoms with Crippen LogP contribution in [0.2, 0.25) is 0 Å². The SMILES string of the molecule is O=C(CCl)Nc1c(Br)c(Br)c(Br)c(Br)c1Br. The number of alkyl halides is 1. The number of hydrogen-bond acceptors (Lipinski definition) is 1. The van der Waals surface area contributed by atoms with Gasteiger partial charge in [0.2, 0.25) is 5.91 Å². The van der Waals surface area contributed by atoms with E-state index in [-0.39, 0.29) is 11.8 Å². The molecule has 0 aromatic heterocycles. The van der Waals surface area contributed by atoms with Crippen LogP contribution in [0.15, 0.2) is 22.4 Å². The fraction of sp³-hybridized carbons (Fsp3) is 0.125. The minimum atomic E-state index is -0.274. The lowest BCUT2D eigenvalue weighted by molar-refractivity contribution is -0.113. The Morgan fingerprint density at radius 1 is 0.938 bits per heavy atom. The Morgan fingerprint density at radius 3 is 1.69 bits per heavy atom. The predicted molar refractivity (Wildman–Crippen MR) is 84.3 cm³/mol.